The number of benzene rings is 1. The Morgan fingerprint density at radius 2 is 1.56 bits per heavy atom. The summed E-state index contributed by atoms with van der Waals surface area (Å²) in [5, 5.41) is 0. The van der Waals surface area contributed by atoms with E-state index < -0.39 is 0 Å². The zero-order valence-corrected chi connectivity index (χ0v) is 12.0. The van der Waals surface area contributed by atoms with Gasteiger partial charge in [0.15, 0.2) is 0 Å². The van der Waals surface area contributed by atoms with E-state index in [-0.39, 0.29) is 6.04 Å². The first kappa shape index (κ1) is 13.6. The Kier molecular flexibility index (Phi) is 4.11. The number of rotatable bonds is 2. The smallest absolute Gasteiger partial charge is 0.0323 e. The largest absolute Gasteiger partial charge is 0.324 e. The van der Waals surface area contributed by atoms with E-state index in [4.69, 9.17) is 5.73 Å². The third kappa shape index (κ3) is 3.14. The molecule has 0 heterocycles. The van der Waals surface area contributed by atoms with Crippen LogP contribution < -0.4 is 5.73 Å². The van der Waals surface area contributed by atoms with Crippen LogP contribution in [-0.2, 0) is 0 Å². The fourth-order valence-electron chi connectivity index (χ4n) is 3.29. The lowest BCUT2D eigenvalue weighted by Gasteiger charge is -2.38. The SMILES string of the molecule is CC(C)(C)C1CCC(C(N)c2ccccc2)CC1. The van der Waals surface area contributed by atoms with E-state index in [0.717, 1.165) is 5.92 Å². The minimum absolute atomic E-state index is 0.229. The molecule has 1 heteroatoms. The van der Waals surface area contributed by atoms with Gasteiger partial charge in [-0.3, -0.25) is 0 Å². The minimum Gasteiger partial charge on any atom is -0.324 e. The first-order valence-electron chi connectivity index (χ1n) is 7.29. The lowest BCUT2D eigenvalue weighted by molar-refractivity contribution is 0.139. The van der Waals surface area contributed by atoms with Gasteiger partial charge in [0.05, 0.1) is 0 Å². The molecule has 0 aliphatic heterocycles. The molecular formula is C17H27N. The molecule has 100 valence electrons. The summed E-state index contributed by atoms with van der Waals surface area (Å²) in [7, 11) is 0. The van der Waals surface area contributed by atoms with Gasteiger partial charge >= 0.3 is 0 Å². The van der Waals surface area contributed by atoms with E-state index >= 15 is 0 Å². The van der Waals surface area contributed by atoms with Gasteiger partial charge in [-0.1, -0.05) is 51.1 Å². The average Bonchev–Trinajstić information content (AvgIpc) is 2.38. The van der Waals surface area contributed by atoms with Crippen molar-refractivity contribution in [2.24, 2.45) is 23.0 Å². The monoisotopic (exact) mass is 245 g/mol. The second-order valence-electron chi connectivity index (χ2n) is 6.91. The molecule has 1 aliphatic rings. The van der Waals surface area contributed by atoms with Gasteiger partial charge in [0.25, 0.3) is 0 Å². The summed E-state index contributed by atoms with van der Waals surface area (Å²) in [4.78, 5) is 0. The average molecular weight is 245 g/mol. The molecule has 0 spiro atoms. The van der Waals surface area contributed by atoms with Crippen LogP contribution in [0.3, 0.4) is 0 Å². The van der Waals surface area contributed by atoms with E-state index in [1.165, 1.54) is 31.2 Å². The Hall–Kier alpha value is -0.820. The Balaban J connectivity index is 1.94. The van der Waals surface area contributed by atoms with E-state index in [9.17, 15) is 0 Å². The Labute approximate surface area is 112 Å². The third-order valence-corrected chi connectivity index (χ3v) is 4.69. The fourth-order valence-corrected chi connectivity index (χ4v) is 3.29. The van der Waals surface area contributed by atoms with Gasteiger partial charge in [-0.2, -0.15) is 0 Å². The van der Waals surface area contributed by atoms with E-state index in [2.05, 4.69) is 51.1 Å². The number of hydrogen-bond acceptors (Lipinski definition) is 1. The first-order valence-corrected chi connectivity index (χ1v) is 7.29. The maximum Gasteiger partial charge on any atom is 0.0323 e. The molecule has 0 aromatic heterocycles. The molecule has 0 radical (unpaired) electrons. The van der Waals surface area contributed by atoms with Crippen molar-refractivity contribution in [2.75, 3.05) is 0 Å². The molecule has 1 fully saturated rings. The summed E-state index contributed by atoms with van der Waals surface area (Å²) in [5.41, 5.74) is 8.19. The lowest BCUT2D eigenvalue weighted by atomic mass is 9.68. The second-order valence-corrected chi connectivity index (χ2v) is 6.91. The fraction of sp³-hybridized carbons (Fsp3) is 0.647. The van der Waals surface area contributed by atoms with Crippen molar-refractivity contribution in [3.63, 3.8) is 0 Å². The van der Waals surface area contributed by atoms with Crippen molar-refractivity contribution in [1.82, 2.24) is 0 Å². The van der Waals surface area contributed by atoms with Crippen LogP contribution in [-0.4, -0.2) is 0 Å². The minimum atomic E-state index is 0.229. The van der Waals surface area contributed by atoms with Crippen LogP contribution in [0.5, 0.6) is 0 Å². The normalized spacial score (nSPS) is 26.9. The Bertz CT molecular complexity index is 355. The van der Waals surface area contributed by atoms with Crippen molar-refractivity contribution >= 4 is 0 Å². The molecule has 1 unspecified atom stereocenters. The van der Waals surface area contributed by atoms with E-state index in [0.29, 0.717) is 11.3 Å². The van der Waals surface area contributed by atoms with Crippen LogP contribution in [0.25, 0.3) is 0 Å². The van der Waals surface area contributed by atoms with Crippen molar-refractivity contribution in [2.45, 2.75) is 52.5 Å². The second kappa shape index (κ2) is 5.44. The number of hydrogen-bond donors (Lipinski definition) is 1. The van der Waals surface area contributed by atoms with Crippen molar-refractivity contribution in [3.05, 3.63) is 35.9 Å². The van der Waals surface area contributed by atoms with Crippen molar-refractivity contribution in [3.8, 4) is 0 Å². The molecule has 0 saturated heterocycles. The predicted molar refractivity (Wildman–Crippen MR) is 78.3 cm³/mol. The first-order chi connectivity index (χ1) is 8.48. The molecule has 0 amide bonds. The van der Waals surface area contributed by atoms with Crippen molar-refractivity contribution in [1.29, 1.82) is 0 Å². The Morgan fingerprint density at radius 3 is 2.06 bits per heavy atom. The molecule has 2 N–H and O–H groups in total. The van der Waals surface area contributed by atoms with Gasteiger partial charge in [0.1, 0.15) is 0 Å². The molecule has 1 atom stereocenters. The molecule has 18 heavy (non-hydrogen) atoms. The van der Waals surface area contributed by atoms with Crippen LogP contribution in [0.1, 0.15) is 58.1 Å². The maximum atomic E-state index is 6.42. The predicted octanol–water partition coefficient (Wildman–Crippen LogP) is 4.54. The van der Waals surface area contributed by atoms with E-state index in [1.54, 1.807) is 0 Å². The zero-order valence-electron chi connectivity index (χ0n) is 12.0. The van der Waals surface area contributed by atoms with Crippen LogP contribution in [0.2, 0.25) is 0 Å². The molecule has 1 saturated carbocycles. The lowest BCUT2D eigenvalue weighted by Crippen LogP contribution is -2.30. The molecule has 0 bridgehead atoms. The summed E-state index contributed by atoms with van der Waals surface area (Å²) in [6.07, 6.45) is 5.26. The third-order valence-electron chi connectivity index (χ3n) is 4.69. The van der Waals surface area contributed by atoms with Crippen LogP contribution >= 0.6 is 0 Å². The summed E-state index contributed by atoms with van der Waals surface area (Å²) in [6, 6.07) is 10.8. The van der Waals surface area contributed by atoms with Crippen LogP contribution in [0, 0.1) is 17.3 Å². The summed E-state index contributed by atoms with van der Waals surface area (Å²) in [5.74, 6) is 1.54. The molecular weight excluding hydrogens is 218 g/mol. The highest BCUT2D eigenvalue weighted by atomic mass is 14.7. The molecule has 2 rings (SSSR count). The van der Waals surface area contributed by atoms with Crippen molar-refractivity contribution < 1.29 is 0 Å². The molecule has 1 aliphatic carbocycles. The van der Waals surface area contributed by atoms with Gasteiger partial charge in [0.2, 0.25) is 0 Å². The topological polar surface area (TPSA) is 26.0 Å². The zero-order chi connectivity index (χ0) is 13.2. The maximum absolute atomic E-state index is 6.42. The van der Waals surface area contributed by atoms with Crippen LogP contribution in [0.15, 0.2) is 30.3 Å². The standard InChI is InChI=1S/C17H27N/c1-17(2,3)15-11-9-14(10-12-15)16(18)13-7-5-4-6-8-13/h4-8,14-16H,9-12,18H2,1-3H3. The van der Waals surface area contributed by atoms with E-state index in [1.807, 2.05) is 0 Å². The van der Waals surface area contributed by atoms with Gasteiger partial charge < -0.3 is 5.73 Å². The summed E-state index contributed by atoms with van der Waals surface area (Å²) >= 11 is 0. The number of nitrogens with two attached hydrogens (primary N) is 1. The van der Waals surface area contributed by atoms with Gasteiger partial charge in [0, 0.05) is 6.04 Å². The highest BCUT2D eigenvalue weighted by Gasteiger charge is 2.32. The Morgan fingerprint density at radius 1 is 1.00 bits per heavy atom. The quantitative estimate of drug-likeness (QED) is 0.813. The molecule has 1 nitrogen and oxygen atoms in total. The highest BCUT2D eigenvalue weighted by molar-refractivity contribution is 5.19. The van der Waals surface area contributed by atoms with Gasteiger partial charge in [-0.25, -0.2) is 0 Å². The van der Waals surface area contributed by atoms with Gasteiger partial charge in [-0.05, 0) is 48.5 Å². The summed E-state index contributed by atoms with van der Waals surface area (Å²) < 4.78 is 0. The van der Waals surface area contributed by atoms with Crippen LogP contribution in [0.4, 0.5) is 0 Å². The molecule has 1 aromatic rings. The highest BCUT2D eigenvalue weighted by Crippen LogP contribution is 2.42. The summed E-state index contributed by atoms with van der Waals surface area (Å²) in [6.45, 7) is 7.11. The molecule has 1 aromatic carbocycles. The van der Waals surface area contributed by atoms with Gasteiger partial charge in [-0.15, -0.1) is 0 Å².